The van der Waals surface area contributed by atoms with Gasteiger partial charge in [-0.05, 0) is 48.7 Å². The molecule has 0 fully saturated rings. The third kappa shape index (κ3) is 4.26. The summed E-state index contributed by atoms with van der Waals surface area (Å²) in [6.07, 6.45) is 2.76. The lowest BCUT2D eigenvalue weighted by atomic mass is 10.1. The topological polar surface area (TPSA) is 66.5 Å². The molecule has 2 aromatic carbocycles. The Morgan fingerprint density at radius 1 is 1.15 bits per heavy atom. The monoisotopic (exact) mass is 388 g/mol. The molecule has 1 N–H and O–H groups in total. The highest BCUT2D eigenvalue weighted by Crippen LogP contribution is 2.22. The number of rotatable bonds is 5. The molecule has 0 radical (unpaired) electrons. The van der Waals surface area contributed by atoms with E-state index in [2.05, 4.69) is 5.32 Å². The number of amides is 1. The molecular formula is C20H21FN2O3S. The summed E-state index contributed by atoms with van der Waals surface area (Å²) < 4.78 is 39.6. The molecule has 7 heteroatoms. The Bertz CT molecular complexity index is 969. The molecule has 0 bridgehead atoms. The zero-order chi connectivity index (χ0) is 19.4. The predicted octanol–water partition coefficient (Wildman–Crippen LogP) is 3.35. The van der Waals surface area contributed by atoms with Crippen LogP contribution in [-0.4, -0.2) is 31.7 Å². The number of anilines is 1. The predicted molar refractivity (Wildman–Crippen MR) is 102 cm³/mol. The van der Waals surface area contributed by atoms with Gasteiger partial charge < -0.3 is 5.32 Å². The number of halogens is 1. The van der Waals surface area contributed by atoms with Crippen LogP contribution in [0, 0.1) is 5.82 Å². The van der Waals surface area contributed by atoms with E-state index < -0.39 is 15.8 Å². The molecule has 0 atom stereocenters. The number of sulfonamides is 1. The molecule has 0 spiro atoms. The number of nitrogens with zero attached hydrogens (tertiary/aromatic N) is 1. The highest BCUT2D eigenvalue weighted by Gasteiger charge is 2.27. The zero-order valence-corrected chi connectivity index (χ0v) is 15.8. The van der Waals surface area contributed by atoms with Crippen LogP contribution in [0.25, 0.3) is 0 Å². The number of hydrogen-bond donors (Lipinski definition) is 1. The molecule has 5 nitrogen and oxygen atoms in total. The minimum Gasteiger partial charge on any atom is -0.322 e. The number of para-hydroxylation sites is 1. The Labute approximate surface area is 158 Å². The molecule has 1 heterocycles. The fourth-order valence-corrected chi connectivity index (χ4v) is 4.36. The minimum absolute atomic E-state index is 0.0436. The Morgan fingerprint density at radius 2 is 1.85 bits per heavy atom. The summed E-state index contributed by atoms with van der Waals surface area (Å²) >= 11 is 0. The van der Waals surface area contributed by atoms with Crippen molar-refractivity contribution in [1.29, 1.82) is 0 Å². The van der Waals surface area contributed by atoms with E-state index in [1.165, 1.54) is 16.4 Å². The van der Waals surface area contributed by atoms with Gasteiger partial charge in [-0.15, -0.1) is 0 Å². The molecule has 2 aromatic rings. The van der Waals surface area contributed by atoms with Crippen molar-refractivity contribution in [3.05, 3.63) is 71.6 Å². The van der Waals surface area contributed by atoms with Crippen LogP contribution in [0.15, 0.2) is 65.1 Å². The smallest absolute Gasteiger partial charge is 0.251 e. The summed E-state index contributed by atoms with van der Waals surface area (Å²) in [6, 6.07) is 12.3. The van der Waals surface area contributed by atoms with Crippen molar-refractivity contribution >= 4 is 21.6 Å². The molecule has 3 rings (SSSR count). The number of carbonyl (C=O) groups is 1. The Kier molecular flexibility index (Phi) is 5.72. The lowest BCUT2D eigenvalue weighted by Gasteiger charge is -2.25. The largest absolute Gasteiger partial charge is 0.322 e. The van der Waals surface area contributed by atoms with Crippen molar-refractivity contribution in [2.75, 3.05) is 18.4 Å². The first kappa shape index (κ1) is 19.3. The average molecular weight is 388 g/mol. The van der Waals surface area contributed by atoms with Crippen LogP contribution in [0.1, 0.15) is 18.9 Å². The Balaban J connectivity index is 1.70. The Morgan fingerprint density at radius 3 is 2.48 bits per heavy atom. The molecule has 0 saturated heterocycles. The van der Waals surface area contributed by atoms with E-state index in [0.29, 0.717) is 12.0 Å². The molecule has 142 valence electrons. The van der Waals surface area contributed by atoms with Crippen LogP contribution in [0.2, 0.25) is 0 Å². The average Bonchev–Trinajstić information content (AvgIpc) is 2.69. The second-order valence-electron chi connectivity index (χ2n) is 6.26. The first-order valence-electron chi connectivity index (χ1n) is 8.76. The van der Waals surface area contributed by atoms with Gasteiger partial charge in [0, 0.05) is 24.4 Å². The lowest BCUT2D eigenvalue weighted by molar-refractivity contribution is -0.113. The van der Waals surface area contributed by atoms with Gasteiger partial charge in [0.2, 0.25) is 10.0 Å². The number of nitrogens with one attached hydrogen (secondary N) is 1. The van der Waals surface area contributed by atoms with E-state index in [1.54, 1.807) is 6.08 Å². The van der Waals surface area contributed by atoms with E-state index in [0.717, 1.165) is 29.8 Å². The first-order valence-corrected chi connectivity index (χ1v) is 10.2. The molecular weight excluding hydrogens is 367 g/mol. The SMILES string of the molecule is CCc1ccccc1NC(=O)C1=CCN(S(=O)(=O)c2ccc(F)cc2)CC1. The molecule has 1 amide bonds. The lowest BCUT2D eigenvalue weighted by Crippen LogP contribution is -2.36. The van der Waals surface area contributed by atoms with Crippen molar-refractivity contribution in [3.8, 4) is 0 Å². The van der Waals surface area contributed by atoms with Crippen molar-refractivity contribution in [1.82, 2.24) is 4.31 Å². The maximum Gasteiger partial charge on any atom is 0.251 e. The van der Waals surface area contributed by atoms with Gasteiger partial charge in [0.1, 0.15) is 5.82 Å². The number of hydrogen-bond acceptors (Lipinski definition) is 3. The van der Waals surface area contributed by atoms with Gasteiger partial charge in [-0.25, -0.2) is 12.8 Å². The summed E-state index contributed by atoms with van der Waals surface area (Å²) in [7, 11) is -3.71. The van der Waals surface area contributed by atoms with Gasteiger partial charge in [-0.3, -0.25) is 4.79 Å². The van der Waals surface area contributed by atoms with Crippen LogP contribution in [0.3, 0.4) is 0 Å². The van der Waals surface area contributed by atoms with Gasteiger partial charge in [0.25, 0.3) is 5.91 Å². The zero-order valence-electron chi connectivity index (χ0n) is 15.0. The van der Waals surface area contributed by atoms with E-state index in [-0.39, 0.29) is 23.9 Å². The fourth-order valence-electron chi connectivity index (χ4n) is 2.98. The molecule has 0 saturated carbocycles. The van der Waals surface area contributed by atoms with Crippen LogP contribution in [-0.2, 0) is 21.2 Å². The van der Waals surface area contributed by atoms with Gasteiger partial charge in [0.15, 0.2) is 0 Å². The van der Waals surface area contributed by atoms with Gasteiger partial charge in [0.05, 0.1) is 4.90 Å². The summed E-state index contributed by atoms with van der Waals surface area (Å²) in [6.45, 7) is 2.33. The summed E-state index contributed by atoms with van der Waals surface area (Å²) in [4.78, 5) is 12.6. The normalized spacial score (nSPS) is 15.3. The number of aryl methyl sites for hydroxylation is 1. The van der Waals surface area contributed by atoms with Crippen molar-refractivity contribution < 1.29 is 17.6 Å². The van der Waals surface area contributed by atoms with E-state index >= 15 is 0 Å². The second kappa shape index (κ2) is 8.02. The van der Waals surface area contributed by atoms with E-state index in [9.17, 15) is 17.6 Å². The van der Waals surface area contributed by atoms with Gasteiger partial charge in [-0.1, -0.05) is 31.2 Å². The van der Waals surface area contributed by atoms with Crippen LogP contribution in [0.4, 0.5) is 10.1 Å². The molecule has 1 aliphatic rings. The summed E-state index contributed by atoms with van der Waals surface area (Å²) in [5.74, 6) is -0.700. The van der Waals surface area contributed by atoms with Crippen molar-refractivity contribution in [3.63, 3.8) is 0 Å². The maximum absolute atomic E-state index is 13.0. The standard InChI is InChI=1S/C20H21FN2O3S/c1-2-15-5-3-4-6-19(15)22-20(24)16-11-13-23(14-12-16)27(25,26)18-9-7-17(21)8-10-18/h3-11H,2,12-14H2,1H3,(H,22,24). The minimum atomic E-state index is -3.71. The third-order valence-corrected chi connectivity index (χ3v) is 6.44. The number of benzene rings is 2. The van der Waals surface area contributed by atoms with Crippen molar-refractivity contribution in [2.24, 2.45) is 0 Å². The summed E-state index contributed by atoms with van der Waals surface area (Å²) in [5.41, 5.74) is 2.38. The van der Waals surface area contributed by atoms with E-state index in [1.807, 2.05) is 31.2 Å². The van der Waals surface area contributed by atoms with Gasteiger partial charge >= 0.3 is 0 Å². The molecule has 1 aliphatic heterocycles. The molecule has 0 aliphatic carbocycles. The molecule has 27 heavy (non-hydrogen) atoms. The number of carbonyl (C=O) groups excluding carboxylic acids is 1. The second-order valence-corrected chi connectivity index (χ2v) is 8.20. The fraction of sp³-hybridized carbons (Fsp3) is 0.250. The van der Waals surface area contributed by atoms with Crippen LogP contribution < -0.4 is 5.32 Å². The highest BCUT2D eigenvalue weighted by molar-refractivity contribution is 7.89. The summed E-state index contributed by atoms with van der Waals surface area (Å²) in [5, 5.41) is 2.91. The van der Waals surface area contributed by atoms with Crippen LogP contribution in [0.5, 0.6) is 0 Å². The first-order chi connectivity index (χ1) is 12.9. The highest BCUT2D eigenvalue weighted by atomic mass is 32.2. The van der Waals surface area contributed by atoms with E-state index in [4.69, 9.17) is 0 Å². The Hall–Kier alpha value is -2.51. The van der Waals surface area contributed by atoms with Crippen LogP contribution >= 0.6 is 0 Å². The van der Waals surface area contributed by atoms with Crippen molar-refractivity contribution in [2.45, 2.75) is 24.7 Å². The van der Waals surface area contributed by atoms with Gasteiger partial charge in [-0.2, -0.15) is 4.31 Å². The third-order valence-electron chi connectivity index (χ3n) is 4.56. The quantitative estimate of drug-likeness (QED) is 0.854. The maximum atomic E-state index is 13.0. The molecule has 0 unspecified atom stereocenters. The molecule has 0 aromatic heterocycles.